The summed E-state index contributed by atoms with van der Waals surface area (Å²) in [6, 6.07) is 6.20. The number of amides is 2. The molecule has 1 aliphatic heterocycles. The molecule has 0 spiro atoms. The summed E-state index contributed by atoms with van der Waals surface area (Å²) in [6.07, 6.45) is 6.88. The Balaban J connectivity index is 1.69. The smallest absolute Gasteiger partial charge is 0.315 e. The van der Waals surface area contributed by atoms with E-state index in [0.29, 0.717) is 10.5 Å². The van der Waals surface area contributed by atoms with Crippen molar-refractivity contribution in [2.45, 2.75) is 36.2 Å². The Morgan fingerprint density at radius 1 is 1.14 bits per heavy atom. The van der Waals surface area contributed by atoms with E-state index >= 15 is 0 Å². The van der Waals surface area contributed by atoms with Crippen LogP contribution in [0.1, 0.15) is 30.9 Å². The molecule has 0 bridgehead atoms. The van der Waals surface area contributed by atoms with Crippen molar-refractivity contribution < 1.29 is 13.2 Å². The van der Waals surface area contributed by atoms with Crippen LogP contribution >= 0.6 is 0 Å². The van der Waals surface area contributed by atoms with Crippen molar-refractivity contribution in [1.29, 1.82) is 0 Å². The van der Waals surface area contributed by atoms with Crippen LogP contribution in [0.4, 0.5) is 4.79 Å². The summed E-state index contributed by atoms with van der Waals surface area (Å²) >= 11 is 0. The number of rotatable bonds is 2. The fourth-order valence-corrected chi connectivity index (χ4v) is 4.62. The second-order valence-corrected chi connectivity index (χ2v) is 7.47. The van der Waals surface area contributed by atoms with Gasteiger partial charge in [0, 0.05) is 6.04 Å². The second-order valence-electron chi connectivity index (χ2n) is 5.47. The van der Waals surface area contributed by atoms with Crippen molar-refractivity contribution in [1.82, 2.24) is 10.6 Å². The summed E-state index contributed by atoms with van der Waals surface area (Å²) in [4.78, 5) is 12.4. The van der Waals surface area contributed by atoms with Gasteiger partial charge in [0.05, 0.1) is 16.7 Å². The highest BCUT2D eigenvalue weighted by Gasteiger charge is 2.35. The molecule has 21 heavy (non-hydrogen) atoms. The summed E-state index contributed by atoms with van der Waals surface area (Å²) in [6.45, 7) is 0. The van der Waals surface area contributed by atoms with E-state index in [-0.39, 0.29) is 17.8 Å². The van der Waals surface area contributed by atoms with Gasteiger partial charge >= 0.3 is 6.03 Å². The van der Waals surface area contributed by atoms with E-state index in [0.717, 1.165) is 19.3 Å². The fourth-order valence-electron chi connectivity index (χ4n) is 2.88. The maximum atomic E-state index is 12.1. The Morgan fingerprint density at radius 2 is 1.95 bits per heavy atom. The van der Waals surface area contributed by atoms with E-state index in [4.69, 9.17) is 0 Å². The number of sulfone groups is 1. The lowest BCUT2D eigenvalue weighted by molar-refractivity contribution is 0.233. The molecule has 1 aliphatic carbocycles. The molecule has 6 heteroatoms. The zero-order chi connectivity index (χ0) is 14.9. The molecule has 1 aromatic carbocycles. The normalized spacial score (nSPS) is 26.1. The number of urea groups is 1. The zero-order valence-electron chi connectivity index (χ0n) is 11.6. The molecule has 1 aromatic rings. The zero-order valence-corrected chi connectivity index (χ0v) is 12.4. The van der Waals surface area contributed by atoms with Gasteiger partial charge in [-0.25, -0.2) is 13.2 Å². The van der Waals surface area contributed by atoms with Crippen molar-refractivity contribution in [2.24, 2.45) is 0 Å². The monoisotopic (exact) mass is 306 g/mol. The highest BCUT2D eigenvalue weighted by atomic mass is 32.2. The molecule has 2 aliphatic rings. The molecule has 112 valence electrons. The Hall–Kier alpha value is -1.82. The van der Waals surface area contributed by atoms with Crippen molar-refractivity contribution >= 4 is 15.9 Å². The third kappa shape index (κ3) is 2.95. The molecule has 0 aromatic heterocycles. The number of carbonyl (C=O) groups excluding carboxylic acids is 1. The van der Waals surface area contributed by atoms with E-state index in [1.54, 1.807) is 24.3 Å². The first-order valence-corrected chi connectivity index (χ1v) is 8.75. The molecular formula is C15H18N2O3S. The number of fused-ring (bicyclic) bond motifs is 1. The van der Waals surface area contributed by atoms with Crippen LogP contribution in [0.25, 0.3) is 0 Å². The van der Waals surface area contributed by atoms with Gasteiger partial charge in [-0.3, -0.25) is 0 Å². The van der Waals surface area contributed by atoms with Crippen LogP contribution < -0.4 is 10.6 Å². The van der Waals surface area contributed by atoms with Gasteiger partial charge in [0.15, 0.2) is 9.84 Å². The van der Waals surface area contributed by atoms with Gasteiger partial charge in [-0.2, -0.15) is 0 Å². The van der Waals surface area contributed by atoms with Crippen LogP contribution in [-0.4, -0.2) is 26.2 Å². The maximum Gasteiger partial charge on any atom is 0.315 e. The minimum absolute atomic E-state index is 0.0651. The van der Waals surface area contributed by atoms with E-state index in [2.05, 4.69) is 22.8 Å². The van der Waals surface area contributed by atoms with Gasteiger partial charge < -0.3 is 10.6 Å². The molecule has 0 saturated carbocycles. The molecule has 2 N–H and O–H groups in total. The van der Waals surface area contributed by atoms with E-state index in [1.165, 1.54) is 0 Å². The van der Waals surface area contributed by atoms with E-state index in [9.17, 15) is 13.2 Å². The predicted molar refractivity (Wildman–Crippen MR) is 79.7 cm³/mol. The third-order valence-corrected chi connectivity index (χ3v) is 5.74. The Labute approximate surface area is 124 Å². The lowest BCUT2D eigenvalue weighted by Crippen LogP contribution is -2.44. The maximum absolute atomic E-state index is 12.1. The molecule has 0 saturated heterocycles. The van der Waals surface area contributed by atoms with E-state index < -0.39 is 15.9 Å². The highest BCUT2D eigenvalue weighted by molar-refractivity contribution is 7.91. The molecule has 0 fully saturated rings. The van der Waals surface area contributed by atoms with Crippen molar-refractivity contribution in [2.75, 3.05) is 5.75 Å². The molecule has 2 unspecified atom stereocenters. The third-order valence-electron chi connectivity index (χ3n) is 3.93. The van der Waals surface area contributed by atoms with Gasteiger partial charge in [0.1, 0.15) is 0 Å². The first-order valence-electron chi connectivity index (χ1n) is 7.10. The summed E-state index contributed by atoms with van der Waals surface area (Å²) in [7, 11) is -3.29. The van der Waals surface area contributed by atoms with Crippen LogP contribution in [0, 0.1) is 0 Å². The van der Waals surface area contributed by atoms with Gasteiger partial charge in [0.2, 0.25) is 0 Å². The minimum Gasteiger partial charge on any atom is -0.335 e. The van der Waals surface area contributed by atoms with Crippen LogP contribution in [0.5, 0.6) is 0 Å². The van der Waals surface area contributed by atoms with Gasteiger partial charge in [-0.05, 0) is 30.9 Å². The predicted octanol–water partition coefficient (Wildman–Crippen LogP) is 1.92. The number of hydrogen-bond donors (Lipinski definition) is 2. The SMILES string of the molecule is O=C(NC1CC=CCC1)NC1CS(=O)(=O)c2ccccc21. The summed E-state index contributed by atoms with van der Waals surface area (Å²) in [5, 5.41) is 5.69. The van der Waals surface area contributed by atoms with Crippen molar-refractivity contribution in [3.05, 3.63) is 42.0 Å². The Kier molecular flexibility index (Phi) is 3.71. The summed E-state index contributed by atoms with van der Waals surface area (Å²) in [5.41, 5.74) is 0.677. The lowest BCUT2D eigenvalue weighted by Gasteiger charge is -2.21. The average molecular weight is 306 g/mol. The number of allylic oxidation sites excluding steroid dienone is 1. The molecule has 0 radical (unpaired) electrons. The highest BCUT2D eigenvalue weighted by Crippen LogP contribution is 2.32. The number of carbonyl (C=O) groups is 1. The first-order chi connectivity index (χ1) is 10.1. The second kappa shape index (κ2) is 5.52. The molecule has 3 rings (SSSR count). The van der Waals surface area contributed by atoms with Crippen molar-refractivity contribution in [3.8, 4) is 0 Å². The summed E-state index contributed by atoms with van der Waals surface area (Å²) in [5.74, 6) is -0.0651. The van der Waals surface area contributed by atoms with Crippen LogP contribution in [-0.2, 0) is 9.84 Å². The number of hydrogen-bond acceptors (Lipinski definition) is 3. The first kappa shape index (κ1) is 14.1. The molecule has 2 amide bonds. The summed E-state index contributed by atoms with van der Waals surface area (Å²) < 4.78 is 24.1. The standard InChI is InChI=1S/C15H18N2O3S/c18-15(16-11-6-2-1-3-7-11)17-13-10-21(19,20)14-9-5-4-8-12(13)14/h1-2,4-5,8-9,11,13H,3,6-7,10H2,(H2,16,17,18). The number of nitrogens with one attached hydrogen (secondary N) is 2. The molecular weight excluding hydrogens is 288 g/mol. The molecule has 5 nitrogen and oxygen atoms in total. The quantitative estimate of drug-likeness (QED) is 0.820. The van der Waals surface area contributed by atoms with Crippen LogP contribution in [0.2, 0.25) is 0 Å². The Bertz CT molecular complexity index is 682. The van der Waals surface area contributed by atoms with Crippen LogP contribution in [0.15, 0.2) is 41.3 Å². The van der Waals surface area contributed by atoms with Gasteiger partial charge in [-0.15, -0.1) is 0 Å². The van der Waals surface area contributed by atoms with Crippen LogP contribution in [0.3, 0.4) is 0 Å². The van der Waals surface area contributed by atoms with E-state index in [1.807, 2.05) is 0 Å². The topological polar surface area (TPSA) is 75.3 Å². The molecule has 1 heterocycles. The average Bonchev–Trinajstić information content (AvgIpc) is 2.72. The lowest BCUT2D eigenvalue weighted by atomic mass is 10.0. The molecule has 2 atom stereocenters. The fraction of sp³-hybridized carbons (Fsp3) is 0.400. The van der Waals surface area contributed by atoms with Gasteiger partial charge in [-0.1, -0.05) is 30.4 Å². The van der Waals surface area contributed by atoms with Gasteiger partial charge in [0.25, 0.3) is 0 Å². The largest absolute Gasteiger partial charge is 0.335 e. The minimum atomic E-state index is -3.29. The van der Waals surface area contributed by atoms with Crippen molar-refractivity contribution in [3.63, 3.8) is 0 Å². The Morgan fingerprint density at radius 3 is 2.71 bits per heavy atom. The number of benzene rings is 1.